The SMILES string of the molecule is C=CCCOCCNC(=O)NC(=O)CC(C)CC(=O)O. The number of carboxylic acids is 1. The fourth-order valence-electron chi connectivity index (χ4n) is 1.41. The van der Waals surface area contributed by atoms with E-state index in [9.17, 15) is 14.4 Å². The maximum atomic E-state index is 11.4. The molecule has 114 valence electrons. The Kier molecular flexibility index (Phi) is 9.94. The maximum Gasteiger partial charge on any atom is 0.321 e. The first-order valence-corrected chi connectivity index (χ1v) is 6.43. The third-order valence-electron chi connectivity index (χ3n) is 2.31. The van der Waals surface area contributed by atoms with Crippen LogP contribution in [-0.2, 0) is 14.3 Å². The van der Waals surface area contributed by atoms with E-state index in [0.717, 1.165) is 6.42 Å². The summed E-state index contributed by atoms with van der Waals surface area (Å²) in [6.07, 6.45) is 2.37. The number of carbonyl (C=O) groups is 3. The number of carbonyl (C=O) groups excluding carboxylic acids is 2. The first-order chi connectivity index (χ1) is 9.45. The molecule has 0 aliphatic heterocycles. The fraction of sp³-hybridized carbons (Fsp3) is 0.615. The van der Waals surface area contributed by atoms with E-state index in [2.05, 4.69) is 17.2 Å². The fourth-order valence-corrected chi connectivity index (χ4v) is 1.41. The van der Waals surface area contributed by atoms with Crippen molar-refractivity contribution < 1.29 is 24.2 Å². The van der Waals surface area contributed by atoms with Crippen LogP contribution in [0.3, 0.4) is 0 Å². The minimum absolute atomic E-state index is 0.00441. The van der Waals surface area contributed by atoms with Crippen molar-refractivity contribution in [3.8, 4) is 0 Å². The molecule has 0 aromatic carbocycles. The molecule has 0 bridgehead atoms. The van der Waals surface area contributed by atoms with Gasteiger partial charge in [-0.05, 0) is 12.3 Å². The Morgan fingerprint density at radius 3 is 2.60 bits per heavy atom. The van der Waals surface area contributed by atoms with Gasteiger partial charge in [-0.2, -0.15) is 0 Å². The van der Waals surface area contributed by atoms with Crippen LogP contribution in [0.25, 0.3) is 0 Å². The molecule has 0 aliphatic rings. The number of aliphatic carboxylic acids is 1. The molecule has 0 saturated carbocycles. The Morgan fingerprint density at radius 1 is 1.30 bits per heavy atom. The maximum absolute atomic E-state index is 11.4. The molecule has 1 unspecified atom stereocenters. The quantitative estimate of drug-likeness (QED) is 0.409. The van der Waals surface area contributed by atoms with Crippen LogP contribution < -0.4 is 10.6 Å². The van der Waals surface area contributed by atoms with Gasteiger partial charge in [-0.1, -0.05) is 13.0 Å². The van der Waals surface area contributed by atoms with Crippen LogP contribution in [0.1, 0.15) is 26.2 Å². The number of carboxylic acid groups (broad SMARTS) is 1. The Bertz CT molecular complexity index is 344. The van der Waals surface area contributed by atoms with Gasteiger partial charge in [0.25, 0.3) is 0 Å². The second kappa shape index (κ2) is 11.0. The van der Waals surface area contributed by atoms with Crippen molar-refractivity contribution in [1.82, 2.24) is 10.6 Å². The summed E-state index contributed by atoms with van der Waals surface area (Å²) in [6, 6.07) is -0.607. The summed E-state index contributed by atoms with van der Waals surface area (Å²) in [6.45, 7) is 6.37. The summed E-state index contributed by atoms with van der Waals surface area (Å²) in [5.41, 5.74) is 0. The monoisotopic (exact) mass is 286 g/mol. The highest BCUT2D eigenvalue weighted by atomic mass is 16.5. The third-order valence-corrected chi connectivity index (χ3v) is 2.31. The Hall–Kier alpha value is -1.89. The van der Waals surface area contributed by atoms with Crippen LogP contribution in [-0.4, -0.2) is 42.8 Å². The molecular weight excluding hydrogens is 264 g/mol. The highest BCUT2D eigenvalue weighted by molar-refractivity contribution is 5.94. The molecule has 0 radical (unpaired) electrons. The number of imide groups is 1. The molecule has 0 saturated heterocycles. The van der Waals surface area contributed by atoms with Crippen molar-refractivity contribution in [2.24, 2.45) is 5.92 Å². The standard InChI is InChI=1S/C13H22N2O5/c1-3-4-6-20-7-5-14-13(19)15-11(16)8-10(2)9-12(17)18/h3,10H,1,4-9H2,2H3,(H,17,18)(H2,14,15,16,19). The van der Waals surface area contributed by atoms with Crippen molar-refractivity contribution in [2.75, 3.05) is 19.8 Å². The van der Waals surface area contributed by atoms with Gasteiger partial charge in [-0.3, -0.25) is 14.9 Å². The number of urea groups is 1. The number of amides is 3. The number of nitrogens with one attached hydrogen (secondary N) is 2. The van der Waals surface area contributed by atoms with Crippen LogP contribution in [0.5, 0.6) is 0 Å². The van der Waals surface area contributed by atoms with Crippen LogP contribution >= 0.6 is 0 Å². The van der Waals surface area contributed by atoms with Crippen LogP contribution in [0.4, 0.5) is 4.79 Å². The summed E-state index contributed by atoms with van der Waals surface area (Å²) in [5, 5.41) is 13.2. The zero-order valence-electron chi connectivity index (χ0n) is 11.7. The molecule has 20 heavy (non-hydrogen) atoms. The predicted octanol–water partition coefficient (Wildman–Crippen LogP) is 0.906. The lowest BCUT2D eigenvalue weighted by Crippen LogP contribution is -2.41. The molecule has 7 heteroatoms. The lowest BCUT2D eigenvalue weighted by atomic mass is 10.0. The third kappa shape index (κ3) is 11.2. The average Bonchev–Trinajstić information content (AvgIpc) is 2.32. The summed E-state index contributed by atoms with van der Waals surface area (Å²) in [5.74, 6) is -1.78. The predicted molar refractivity (Wildman–Crippen MR) is 73.2 cm³/mol. The second-order valence-electron chi connectivity index (χ2n) is 4.40. The molecule has 1 atom stereocenters. The van der Waals surface area contributed by atoms with Gasteiger partial charge >= 0.3 is 12.0 Å². The number of ether oxygens (including phenoxy) is 1. The summed E-state index contributed by atoms with van der Waals surface area (Å²) < 4.78 is 5.17. The second-order valence-corrected chi connectivity index (χ2v) is 4.40. The zero-order valence-corrected chi connectivity index (χ0v) is 11.7. The highest BCUT2D eigenvalue weighted by Crippen LogP contribution is 2.06. The smallest absolute Gasteiger partial charge is 0.321 e. The van der Waals surface area contributed by atoms with E-state index in [1.54, 1.807) is 13.0 Å². The molecule has 0 rings (SSSR count). The largest absolute Gasteiger partial charge is 0.481 e. The van der Waals surface area contributed by atoms with Gasteiger partial charge in [-0.25, -0.2) is 4.79 Å². The minimum Gasteiger partial charge on any atom is -0.481 e. The Labute approximate surface area is 118 Å². The van der Waals surface area contributed by atoms with Gasteiger partial charge in [-0.15, -0.1) is 6.58 Å². The lowest BCUT2D eigenvalue weighted by Gasteiger charge is -2.09. The van der Waals surface area contributed by atoms with Gasteiger partial charge in [0.2, 0.25) is 5.91 Å². The zero-order chi connectivity index (χ0) is 15.4. The molecule has 0 aliphatic carbocycles. The van der Waals surface area contributed by atoms with Gasteiger partial charge in [0.05, 0.1) is 13.2 Å². The Balaban J connectivity index is 3.66. The summed E-state index contributed by atoms with van der Waals surface area (Å²) >= 11 is 0. The molecule has 0 heterocycles. The van der Waals surface area contributed by atoms with E-state index in [-0.39, 0.29) is 18.8 Å². The first-order valence-electron chi connectivity index (χ1n) is 6.43. The van der Waals surface area contributed by atoms with Gasteiger partial charge < -0.3 is 15.2 Å². The summed E-state index contributed by atoms with van der Waals surface area (Å²) in [7, 11) is 0. The lowest BCUT2D eigenvalue weighted by molar-refractivity contribution is -0.138. The first kappa shape index (κ1) is 18.1. The van der Waals surface area contributed by atoms with Gasteiger partial charge in [0.15, 0.2) is 0 Å². The molecule has 0 fully saturated rings. The van der Waals surface area contributed by atoms with E-state index in [0.29, 0.717) is 19.8 Å². The molecule has 0 spiro atoms. The van der Waals surface area contributed by atoms with Crippen molar-refractivity contribution in [1.29, 1.82) is 0 Å². The van der Waals surface area contributed by atoms with Crippen molar-refractivity contribution in [3.05, 3.63) is 12.7 Å². The number of rotatable bonds is 10. The highest BCUT2D eigenvalue weighted by Gasteiger charge is 2.14. The van der Waals surface area contributed by atoms with Crippen molar-refractivity contribution >= 4 is 17.9 Å². The van der Waals surface area contributed by atoms with Gasteiger partial charge in [0, 0.05) is 19.4 Å². The number of hydrogen-bond donors (Lipinski definition) is 3. The van der Waals surface area contributed by atoms with E-state index >= 15 is 0 Å². The van der Waals surface area contributed by atoms with E-state index in [4.69, 9.17) is 9.84 Å². The van der Waals surface area contributed by atoms with Gasteiger partial charge in [0.1, 0.15) is 0 Å². The van der Waals surface area contributed by atoms with Crippen molar-refractivity contribution in [3.63, 3.8) is 0 Å². The van der Waals surface area contributed by atoms with Crippen LogP contribution in [0.2, 0.25) is 0 Å². The Morgan fingerprint density at radius 2 is 2.00 bits per heavy atom. The molecule has 3 amide bonds. The van der Waals surface area contributed by atoms with E-state index in [1.807, 2.05) is 0 Å². The van der Waals surface area contributed by atoms with E-state index in [1.165, 1.54) is 0 Å². The normalized spacial score (nSPS) is 11.4. The molecule has 3 N–H and O–H groups in total. The number of hydrogen-bond acceptors (Lipinski definition) is 4. The average molecular weight is 286 g/mol. The summed E-state index contributed by atoms with van der Waals surface area (Å²) in [4.78, 5) is 33.2. The molecular formula is C13H22N2O5. The molecule has 0 aromatic rings. The van der Waals surface area contributed by atoms with Crippen LogP contribution in [0, 0.1) is 5.92 Å². The van der Waals surface area contributed by atoms with Crippen LogP contribution in [0.15, 0.2) is 12.7 Å². The minimum atomic E-state index is -0.966. The molecule has 7 nitrogen and oxygen atoms in total. The topological polar surface area (TPSA) is 105 Å². The molecule has 0 aromatic heterocycles. The van der Waals surface area contributed by atoms with E-state index < -0.39 is 17.9 Å². The van der Waals surface area contributed by atoms with Crippen molar-refractivity contribution in [2.45, 2.75) is 26.2 Å².